The van der Waals surface area contributed by atoms with E-state index in [1.165, 1.54) is 73.5 Å². The van der Waals surface area contributed by atoms with Crippen LogP contribution in [0.2, 0.25) is 0 Å². The van der Waals surface area contributed by atoms with Gasteiger partial charge in [-0.05, 0) is 119 Å². The lowest BCUT2D eigenvalue weighted by Gasteiger charge is -2.54. The number of anilines is 1. The molecule has 4 fully saturated rings. The molecule has 3 amide bonds. The first-order valence-corrected chi connectivity index (χ1v) is 16.8. The third kappa shape index (κ3) is 7.66. The molecule has 0 radical (unpaired) electrons. The second-order valence-electron chi connectivity index (χ2n) is 11.6. The summed E-state index contributed by atoms with van der Waals surface area (Å²) in [4.78, 5) is 64.4. The van der Waals surface area contributed by atoms with E-state index in [9.17, 15) is 24.0 Å². The minimum Gasteiger partial charge on any atom is -0.466 e. The number of carbonyl (C=O) groups is 4. The number of esters is 1. The van der Waals surface area contributed by atoms with Gasteiger partial charge in [-0.25, -0.2) is 4.79 Å². The summed E-state index contributed by atoms with van der Waals surface area (Å²) in [6.07, 6.45) is 10.8. The van der Waals surface area contributed by atoms with E-state index in [0.717, 1.165) is 15.6 Å². The number of pyridine rings is 1. The van der Waals surface area contributed by atoms with E-state index in [4.69, 9.17) is 0 Å². The van der Waals surface area contributed by atoms with Gasteiger partial charge in [0.2, 0.25) is 11.8 Å². The largest absolute Gasteiger partial charge is 0.466 e. The van der Waals surface area contributed by atoms with Crippen LogP contribution in [0.4, 0.5) is 5.69 Å². The summed E-state index contributed by atoms with van der Waals surface area (Å²) in [5.41, 5.74) is -0.515. The van der Waals surface area contributed by atoms with Crippen LogP contribution in [0.3, 0.4) is 0 Å². The Kier molecular flexibility index (Phi) is 10.2. The van der Waals surface area contributed by atoms with Crippen LogP contribution in [-0.2, 0) is 25.7 Å². The molecule has 2 aromatic heterocycles. The number of carbonyl (C=O) groups excluding carboxylic acids is 4. The number of thiophene rings is 1. The van der Waals surface area contributed by atoms with Crippen LogP contribution in [0.25, 0.3) is 0 Å². The van der Waals surface area contributed by atoms with Crippen LogP contribution in [0.15, 0.2) is 49.6 Å². The molecule has 0 aromatic carbocycles. The van der Waals surface area contributed by atoms with Crippen molar-refractivity contribution in [3.8, 4) is 0 Å². The molecule has 13 heteroatoms. The van der Waals surface area contributed by atoms with Crippen molar-refractivity contribution in [3.63, 3.8) is 0 Å². The Balaban J connectivity index is 1.24. The quantitative estimate of drug-likeness (QED) is 0.228. The molecule has 4 aliphatic rings. The maximum atomic E-state index is 13.3. The fourth-order valence-electron chi connectivity index (χ4n) is 6.99. The fourth-order valence-corrected chi connectivity index (χ4v) is 8.93. The Labute approximate surface area is 270 Å². The van der Waals surface area contributed by atoms with Crippen LogP contribution in [0.1, 0.15) is 54.6 Å². The molecule has 0 unspecified atom stereocenters. The van der Waals surface area contributed by atoms with E-state index in [-0.39, 0.29) is 37.0 Å². The van der Waals surface area contributed by atoms with Crippen LogP contribution in [-0.4, -0.2) is 47.5 Å². The Morgan fingerprint density at radius 3 is 2.44 bits per heavy atom. The standard InChI is InChI=1S/C30H34Br2N4O6S/c1-42-25(38)7-3-2-5-21(33-29(40)23-14-20(31)27(32)43-23)28(39)34-22-6-4-8-36(30(22)41)15-24(37)35-26-18-10-16-9-17(12-18)13-19(26)11-16/h3-4,6-8,14,16-19,21,26H,2,5,9-13,15H2,1H3,(H,33,40)(H,34,39)(H,35,37)/b7-3+/t16?,17?,18?,19?,21-,26?/m0/s1. The summed E-state index contributed by atoms with van der Waals surface area (Å²) >= 11 is 7.93. The SMILES string of the molecule is COC(=O)/C=C/CC[C@H](NC(=O)c1cc(Br)c(Br)s1)C(=O)Nc1cccn(CC(=O)NC2C3CC4CC(C3)CC2C4)c1=O. The van der Waals surface area contributed by atoms with Gasteiger partial charge in [0.15, 0.2) is 0 Å². The smallest absolute Gasteiger partial charge is 0.330 e. The molecule has 230 valence electrons. The Morgan fingerprint density at radius 1 is 1.12 bits per heavy atom. The molecular weight excluding hydrogens is 704 g/mol. The maximum Gasteiger partial charge on any atom is 0.330 e. The first-order chi connectivity index (χ1) is 20.6. The van der Waals surface area contributed by atoms with Crippen molar-refractivity contribution >= 4 is 72.6 Å². The first-order valence-electron chi connectivity index (χ1n) is 14.4. The van der Waals surface area contributed by atoms with Crippen molar-refractivity contribution < 1.29 is 23.9 Å². The molecule has 4 bridgehead atoms. The highest BCUT2D eigenvalue weighted by atomic mass is 79.9. The van der Waals surface area contributed by atoms with Crippen LogP contribution in [0.5, 0.6) is 0 Å². The Hall–Kier alpha value is -2.77. The summed E-state index contributed by atoms with van der Waals surface area (Å²) in [5.74, 6) is 0.842. The molecule has 4 aliphatic carbocycles. The third-order valence-electron chi connectivity index (χ3n) is 8.71. The zero-order valence-electron chi connectivity index (χ0n) is 23.6. The Morgan fingerprint density at radius 2 is 1.81 bits per heavy atom. The van der Waals surface area contributed by atoms with E-state index in [2.05, 4.69) is 52.5 Å². The molecule has 3 N–H and O–H groups in total. The molecule has 1 atom stereocenters. The number of rotatable bonds is 11. The zero-order valence-corrected chi connectivity index (χ0v) is 27.6. The number of amides is 3. The highest BCUT2D eigenvalue weighted by Crippen LogP contribution is 2.53. The lowest BCUT2D eigenvalue weighted by atomic mass is 9.54. The highest BCUT2D eigenvalue weighted by molar-refractivity contribution is 9.13. The van der Waals surface area contributed by atoms with Gasteiger partial charge in [0, 0.05) is 22.8 Å². The second-order valence-corrected chi connectivity index (χ2v) is 14.9. The number of methoxy groups -OCH3 is 1. The average molecular weight is 738 g/mol. The van der Waals surface area contributed by atoms with Gasteiger partial charge in [-0.3, -0.25) is 19.2 Å². The molecule has 10 nitrogen and oxygen atoms in total. The van der Waals surface area contributed by atoms with Crippen LogP contribution < -0.4 is 21.5 Å². The predicted molar refractivity (Wildman–Crippen MR) is 170 cm³/mol. The molecule has 6 rings (SSSR count). The monoisotopic (exact) mass is 736 g/mol. The molecule has 4 saturated carbocycles. The molecule has 0 saturated heterocycles. The normalized spacial score (nSPS) is 24.5. The van der Waals surface area contributed by atoms with Crippen molar-refractivity contribution in [2.24, 2.45) is 23.7 Å². The molecule has 43 heavy (non-hydrogen) atoms. The van der Waals surface area contributed by atoms with Crippen molar-refractivity contribution in [2.45, 2.75) is 63.6 Å². The summed E-state index contributed by atoms with van der Waals surface area (Å²) in [6.45, 7) is -0.147. The van der Waals surface area contributed by atoms with Gasteiger partial charge in [-0.2, -0.15) is 0 Å². The molecular formula is C30H34Br2N4O6S. The van der Waals surface area contributed by atoms with Gasteiger partial charge in [0.05, 0.1) is 15.8 Å². The van der Waals surface area contributed by atoms with Crippen molar-refractivity contribution in [2.75, 3.05) is 12.4 Å². The number of allylic oxidation sites excluding steroid dienone is 1. The second kappa shape index (κ2) is 13.9. The van der Waals surface area contributed by atoms with Crippen molar-refractivity contribution in [3.05, 3.63) is 60.0 Å². The van der Waals surface area contributed by atoms with Crippen LogP contribution >= 0.6 is 43.2 Å². The van der Waals surface area contributed by atoms with Gasteiger partial charge >= 0.3 is 5.97 Å². The summed E-state index contributed by atoms with van der Waals surface area (Å²) < 4.78 is 7.32. The molecule has 0 spiro atoms. The predicted octanol–water partition coefficient (Wildman–Crippen LogP) is 4.62. The van der Waals surface area contributed by atoms with Crippen molar-refractivity contribution in [1.29, 1.82) is 0 Å². The Bertz CT molecular complexity index is 1440. The minimum absolute atomic E-state index is 0.000822. The number of aromatic nitrogens is 1. The van der Waals surface area contributed by atoms with E-state index >= 15 is 0 Å². The summed E-state index contributed by atoms with van der Waals surface area (Å²) in [5, 5.41) is 8.58. The summed E-state index contributed by atoms with van der Waals surface area (Å²) in [7, 11) is 1.26. The first kappa shape index (κ1) is 31.6. The van der Waals surface area contributed by atoms with Gasteiger partial charge in [0.25, 0.3) is 11.5 Å². The minimum atomic E-state index is -1.01. The fraction of sp³-hybridized carbons (Fsp3) is 0.500. The number of hydrogen-bond donors (Lipinski definition) is 3. The van der Waals surface area contributed by atoms with Crippen molar-refractivity contribution in [1.82, 2.24) is 15.2 Å². The van der Waals surface area contributed by atoms with Gasteiger partial charge in [0.1, 0.15) is 18.3 Å². The zero-order chi connectivity index (χ0) is 30.7. The molecule has 0 aliphatic heterocycles. The summed E-state index contributed by atoms with van der Waals surface area (Å²) in [6, 6.07) is 3.86. The van der Waals surface area contributed by atoms with E-state index in [0.29, 0.717) is 21.2 Å². The van der Waals surface area contributed by atoms with E-state index in [1.807, 2.05) is 0 Å². The molecule has 2 aromatic rings. The van der Waals surface area contributed by atoms with Gasteiger partial charge in [-0.1, -0.05) is 6.08 Å². The van der Waals surface area contributed by atoms with E-state index < -0.39 is 29.4 Å². The number of ether oxygens (including phenoxy) is 1. The van der Waals surface area contributed by atoms with Crippen LogP contribution in [0, 0.1) is 23.7 Å². The van der Waals surface area contributed by atoms with Gasteiger partial charge < -0.3 is 25.3 Å². The molecule has 2 heterocycles. The highest BCUT2D eigenvalue weighted by Gasteiger charge is 2.48. The lowest BCUT2D eigenvalue weighted by molar-refractivity contribution is -0.134. The third-order valence-corrected chi connectivity index (χ3v) is 12.0. The van der Waals surface area contributed by atoms with Gasteiger partial charge in [-0.15, -0.1) is 11.3 Å². The maximum absolute atomic E-state index is 13.3. The number of nitrogens with zero attached hydrogens (tertiary/aromatic N) is 1. The average Bonchev–Trinajstić information content (AvgIpc) is 3.31. The van der Waals surface area contributed by atoms with E-state index in [1.54, 1.807) is 18.2 Å². The number of hydrogen-bond acceptors (Lipinski definition) is 7. The number of halogens is 2. The lowest BCUT2D eigenvalue weighted by Crippen LogP contribution is -2.56. The topological polar surface area (TPSA) is 136 Å². The number of nitrogens with one attached hydrogen (secondary N) is 3.